The first-order valence-electron chi connectivity index (χ1n) is 11.1. The van der Waals surface area contributed by atoms with E-state index in [1.54, 1.807) is 11.3 Å². The maximum Gasteiger partial charge on any atom is 0.143 e. The molecule has 0 bridgehead atoms. The number of thioether (sulfide) groups is 1. The van der Waals surface area contributed by atoms with Crippen LogP contribution in [-0.2, 0) is 6.54 Å². The van der Waals surface area contributed by atoms with Crippen LogP contribution in [0.4, 0.5) is 5.69 Å². The first kappa shape index (κ1) is 20.0. The average Bonchev–Trinajstić information content (AvgIpc) is 3.60. The topological polar surface area (TPSA) is 32.3 Å². The number of hydrogen-bond acceptors (Lipinski definition) is 6. The Morgan fingerprint density at radius 2 is 1.75 bits per heavy atom. The van der Waals surface area contributed by atoms with Gasteiger partial charge in [0.1, 0.15) is 15.4 Å². The molecular formula is C26H24N4S2. The van der Waals surface area contributed by atoms with Gasteiger partial charge < -0.3 is 4.90 Å². The zero-order chi connectivity index (χ0) is 21.3. The molecule has 0 N–H and O–H groups in total. The summed E-state index contributed by atoms with van der Waals surface area (Å²) in [5.74, 6) is 0.907. The number of aromatic nitrogens is 2. The third-order valence-electron chi connectivity index (χ3n) is 6.09. The van der Waals surface area contributed by atoms with E-state index in [-0.39, 0.29) is 0 Å². The molecule has 0 unspecified atom stereocenters. The van der Waals surface area contributed by atoms with Crippen molar-refractivity contribution in [3.05, 3.63) is 83.4 Å². The maximum atomic E-state index is 5.03. The predicted octanol–water partition coefficient (Wildman–Crippen LogP) is 6.46. The average molecular weight is 457 g/mol. The Morgan fingerprint density at radius 3 is 2.62 bits per heavy atom. The Bertz CT molecular complexity index is 1280. The number of hydrogen-bond donors (Lipinski definition) is 0. The molecule has 2 aromatic carbocycles. The summed E-state index contributed by atoms with van der Waals surface area (Å²) in [5.41, 5.74) is 7.12. The second-order valence-electron chi connectivity index (χ2n) is 8.28. The van der Waals surface area contributed by atoms with Crippen molar-refractivity contribution in [2.45, 2.75) is 19.4 Å². The fraction of sp³-hybridized carbons (Fsp3) is 0.231. The Kier molecular flexibility index (Phi) is 5.43. The summed E-state index contributed by atoms with van der Waals surface area (Å²) in [6, 6.07) is 21.5. The molecule has 6 heteroatoms. The highest BCUT2D eigenvalue weighted by Crippen LogP contribution is 2.42. The lowest BCUT2D eigenvalue weighted by molar-refractivity contribution is 0.331. The number of nitrogens with zero attached hydrogens (tertiary/aromatic N) is 4. The van der Waals surface area contributed by atoms with Gasteiger partial charge in [0.05, 0.1) is 17.3 Å². The lowest BCUT2D eigenvalue weighted by atomic mass is 10.1. The van der Waals surface area contributed by atoms with Crippen LogP contribution in [0.2, 0.25) is 0 Å². The first-order valence-corrected chi connectivity index (χ1v) is 12.9. The minimum absolute atomic E-state index is 0.907. The number of likely N-dealkylation sites (tertiary alicyclic amines) is 1. The number of thiazole rings is 1. The largest absolute Gasteiger partial charge is 0.330 e. The van der Waals surface area contributed by atoms with Crippen LogP contribution in [-0.4, -0.2) is 33.8 Å². The van der Waals surface area contributed by atoms with Crippen molar-refractivity contribution in [1.29, 1.82) is 0 Å². The zero-order valence-electron chi connectivity index (χ0n) is 17.8. The summed E-state index contributed by atoms with van der Waals surface area (Å²) in [5, 5.41) is 3.29. The summed E-state index contributed by atoms with van der Waals surface area (Å²) >= 11 is 3.52. The molecule has 0 amide bonds. The van der Waals surface area contributed by atoms with E-state index in [4.69, 9.17) is 9.97 Å². The SMILES string of the molecule is C1=C(c2ccccc2)N(c2ccccc2-c2nc3cc(CN4CCCC4)cnc3s2)CS1. The molecule has 160 valence electrons. The Morgan fingerprint density at radius 1 is 0.938 bits per heavy atom. The molecule has 0 spiro atoms. The molecule has 0 saturated carbocycles. The van der Waals surface area contributed by atoms with E-state index < -0.39 is 0 Å². The van der Waals surface area contributed by atoms with Crippen molar-refractivity contribution >= 4 is 44.8 Å². The van der Waals surface area contributed by atoms with Crippen molar-refractivity contribution in [2.24, 2.45) is 0 Å². The summed E-state index contributed by atoms with van der Waals surface area (Å²) in [6.07, 6.45) is 4.64. The van der Waals surface area contributed by atoms with Gasteiger partial charge in [-0.15, -0.1) is 11.8 Å². The van der Waals surface area contributed by atoms with Crippen LogP contribution in [0.5, 0.6) is 0 Å². The molecule has 0 atom stereocenters. The number of rotatable bonds is 5. The number of fused-ring (bicyclic) bond motifs is 1. The van der Waals surface area contributed by atoms with Gasteiger partial charge in [0.25, 0.3) is 0 Å². The van der Waals surface area contributed by atoms with Crippen LogP contribution in [0.1, 0.15) is 24.0 Å². The monoisotopic (exact) mass is 456 g/mol. The fourth-order valence-corrected chi connectivity index (χ4v) is 6.36. The Hall–Kier alpha value is -2.67. The molecule has 4 heterocycles. The van der Waals surface area contributed by atoms with Crippen LogP contribution in [0, 0.1) is 0 Å². The third-order valence-corrected chi connectivity index (χ3v) is 7.90. The predicted molar refractivity (Wildman–Crippen MR) is 137 cm³/mol. The van der Waals surface area contributed by atoms with Gasteiger partial charge in [-0.1, -0.05) is 53.8 Å². The van der Waals surface area contributed by atoms with Crippen LogP contribution < -0.4 is 4.90 Å². The van der Waals surface area contributed by atoms with E-state index in [1.165, 1.54) is 54.0 Å². The lowest BCUT2D eigenvalue weighted by Crippen LogP contribution is -2.18. The summed E-state index contributed by atoms with van der Waals surface area (Å²) in [7, 11) is 0. The van der Waals surface area contributed by atoms with E-state index >= 15 is 0 Å². The van der Waals surface area contributed by atoms with Crippen LogP contribution in [0.25, 0.3) is 26.6 Å². The van der Waals surface area contributed by atoms with Gasteiger partial charge in [-0.2, -0.15) is 0 Å². The maximum absolute atomic E-state index is 5.03. The Labute approximate surface area is 196 Å². The molecule has 4 nitrogen and oxygen atoms in total. The third kappa shape index (κ3) is 3.83. The summed E-state index contributed by atoms with van der Waals surface area (Å²) in [4.78, 5) is 15.7. The molecule has 2 aliphatic heterocycles. The van der Waals surface area contributed by atoms with Crippen LogP contribution in [0.15, 0.2) is 72.3 Å². The van der Waals surface area contributed by atoms with Crippen molar-refractivity contribution in [3.8, 4) is 10.6 Å². The van der Waals surface area contributed by atoms with Gasteiger partial charge in [-0.25, -0.2) is 9.97 Å². The molecule has 6 rings (SSSR count). The first-order chi connectivity index (χ1) is 15.8. The Balaban J connectivity index is 1.35. The van der Waals surface area contributed by atoms with E-state index in [2.05, 4.69) is 75.9 Å². The number of pyridine rings is 1. The minimum Gasteiger partial charge on any atom is -0.330 e. The van der Waals surface area contributed by atoms with E-state index in [0.29, 0.717) is 0 Å². The van der Waals surface area contributed by atoms with Crippen molar-refractivity contribution < 1.29 is 0 Å². The quantitative estimate of drug-likeness (QED) is 0.344. The van der Waals surface area contributed by atoms with Gasteiger partial charge in [0.2, 0.25) is 0 Å². The molecule has 2 aliphatic rings. The standard InChI is InChI=1S/C26H24N4S2/c1-2-8-20(9-3-1)24-17-31-18-30(24)23-11-5-4-10-21(23)25-28-22-14-19(15-27-26(22)32-25)16-29-12-6-7-13-29/h1-5,8-11,14-15,17H,6-7,12-13,16,18H2. The lowest BCUT2D eigenvalue weighted by Gasteiger charge is -2.24. The normalized spacial score (nSPS) is 16.8. The number of anilines is 1. The van der Waals surface area contributed by atoms with Crippen molar-refractivity contribution in [3.63, 3.8) is 0 Å². The van der Waals surface area contributed by atoms with E-state index in [9.17, 15) is 0 Å². The highest BCUT2D eigenvalue weighted by molar-refractivity contribution is 8.02. The molecule has 0 radical (unpaired) electrons. The van der Waals surface area contributed by atoms with Gasteiger partial charge in [-0.3, -0.25) is 4.90 Å². The van der Waals surface area contributed by atoms with Crippen molar-refractivity contribution in [2.75, 3.05) is 23.9 Å². The van der Waals surface area contributed by atoms with E-state index in [0.717, 1.165) is 27.8 Å². The molecule has 32 heavy (non-hydrogen) atoms. The summed E-state index contributed by atoms with van der Waals surface area (Å²) < 4.78 is 0. The second-order valence-corrected chi connectivity index (χ2v) is 10.1. The van der Waals surface area contributed by atoms with Gasteiger partial charge in [0.15, 0.2) is 0 Å². The van der Waals surface area contributed by atoms with Gasteiger partial charge >= 0.3 is 0 Å². The molecular weight excluding hydrogens is 432 g/mol. The fourth-order valence-electron chi connectivity index (χ4n) is 4.51. The highest BCUT2D eigenvalue weighted by Gasteiger charge is 2.23. The molecule has 2 aromatic heterocycles. The van der Waals surface area contributed by atoms with Gasteiger partial charge in [0, 0.05) is 18.3 Å². The smallest absolute Gasteiger partial charge is 0.143 e. The second kappa shape index (κ2) is 8.70. The zero-order valence-corrected chi connectivity index (χ0v) is 19.4. The summed E-state index contributed by atoms with van der Waals surface area (Å²) in [6.45, 7) is 3.36. The van der Waals surface area contributed by atoms with Gasteiger partial charge in [-0.05, 0) is 60.7 Å². The molecule has 1 saturated heterocycles. The van der Waals surface area contributed by atoms with Crippen LogP contribution in [0.3, 0.4) is 0 Å². The highest BCUT2D eigenvalue weighted by atomic mass is 32.2. The van der Waals surface area contributed by atoms with Crippen molar-refractivity contribution in [1.82, 2.24) is 14.9 Å². The molecule has 0 aliphatic carbocycles. The molecule has 1 fully saturated rings. The van der Waals surface area contributed by atoms with E-state index in [1.807, 2.05) is 18.0 Å². The minimum atomic E-state index is 0.907. The number of para-hydroxylation sites is 1. The van der Waals surface area contributed by atoms with Crippen LogP contribution >= 0.6 is 23.1 Å². The molecule has 4 aromatic rings. The number of benzene rings is 2.